The third-order valence-corrected chi connectivity index (χ3v) is 3.70. The molecule has 0 fully saturated rings. The van der Waals surface area contributed by atoms with Gasteiger partial charge in [-0.15, -0.1) is 0 Å². The van der Waals surface area contributed by atoms with E-state index in [1.54, 1.807) is 0 Å². The van der Waals surface area contributed by atoms with Gasteiger partial charge in [0.1, 0.15) is 0 Å². The molecule has 0 aliphatic carbocycles. The first-order chi connectivity index (χ1) is 10.2. The molecule has 0 rings (SSSR count). The predicted octanol–water partition coefficient (Wildman–Crippen LogP) is 5.56. The van der Waals surface area contributed by atoms with Crippen molar-refractivity contribution in [2.24, 2.45) is 0 Å². The first kappa shape index (κ1) is 20.1. The average molecular weight is 298 g/mol. The maximum absolute atomic E-state index is 11.5. The van der Waals surface area contributed by atoms with Crippen molar-refractivity contribution >= 4 is 11.9 Å². The lowest BCUT2D eigenvalue weighted by molar-refractivity contribution is -0.159. The molecule has 21 heavy (non-hydrogen) atoms. The zero-order chi connectivity index (χ0) is 15.8. The van der Waals surface area contributed by atoms with Crippen LogP contribution in [0.25, 0.3) is 0 Å². The quantitative estimate of drug-likeness (QED) is 0.239. The zero-order valence-electron chi connectivity index (χ0n) is 14.1. The Morgan fingerprint density at radius 3 is 1.29 bits per heavy atom. The van der Waals surface area contributed by atoms with Gasteiger partial charge in [0, 0.05) is 12.8 Å². The molecule has 0 amide bonds. The molecule has 0 aliphatic rings. The van der Waals surface area contributed by atoms with E-state index in [0.29, 0.717) is 12.8 Å². The van der Waals surface area contributed by atoms with Crippen LogP contribution in [-0.2, 0) is 14.3 Å². The second-order valence-electron chi connectivity index (χ2n) is 5.88. The summed E-state index contributed by atoms with van der Waals surface area (Å²) in [5, 5.41) is 0. The summed E-state index contributed by atoms with van der Waals surface area (Å²) in [5.41, 5.74) is 0. The highest BCUT2D eigenvalue weighted by Gasteiger charge is 2.09. The number of carbonyl (C=O) groups is 2. The first-order valence-corrected chi connectivity index (χ1v) is 8.94. The van der Waals surface area contributed by atoms with E-state index in [0.717, 1.165) is 25.7 Å². The molecule has 0 radical (unpaired) electrons. The molecule has 0 unspecified atom stereocenters. The van der Waals surface area contributed by atoms with Gasteiger partial charge in [-0.1, -0.05) is 78.1 Å². The highest BCUT2D eigenvalue weighted by molar-refractivity contribution is 5.85. The van der Waals surface area contributed by atoms with Crippen LogP contribution in [0.1, 0.15) is 104 Å². The highest BCUT2D eigenvalue weighted by atomic mass is 16.6. The summed E-state index contributed by atoms with van der Waals surface area (Å²) in [7, 11) is 0. The minimum Gasteiger partial charge on any atom is -0.393 e. The molecule has 0 aromatic carbocycles. The Balaban J connectivity index is 3.38. The van der Waals surface area contributed by atoms with Gasteiger partial charge in [0.2, 0.25) is 0 Å². The van der Waals surface area contributed by atoms with Crippen LogP contribution in [0.3, 0.4) is 0 Å². The van der Waals surface area contributed by atoms with Gasteiger partial charge in [0.05, 0.1) is 0 Å². The van der Waals surface area contributed by atoms with E-state index in [1.165, 1.54) is 51.4 Å². The highest BCUT2D eigenvalue weighted by Crippen LogP contribution is 2.09. The van der Waals surface area contributed by atoms with Crippen molar-refractivity contribution in [2.75, 3.05) is 0 Å². The van der Waals surface area contributed by atoms with Crippen LogP contribution in [0.4, 0.5) is 0 Å². The summed E-state index contributed by atoms with van der Waals surface area (Å²) in [4.78, 5) is 22.9. The van der Waals surface area contributed by atoms with E-state index >= 15 is 0 Å². The Labute approximate surface area is 130 Å². The van der Waals surface area contributed by atoms with Crippen LogP contribution in [0.5, 0.6) is 0 Å². The molecule has 0 spiro atoms. The van der Waals surface area contributed by atoms with Gasteiger partial charge in [0.25, 0.3) is 0 Å². The number of unbranched alkanes of at least 4 members (excludes halogenated alkanes) is 10. The van der Waals surface area contributed by atoms with Crippen LogP contribution < -0.4 is 0 Å². The first-order valence-electron chi connectivity index (χ1n) is 8.94. The van der Waals surface area contributed by atoms with Gasteiger partial charge in [-0.05, 0) is 12.8 Å². The smallest absolute Gasteiger partial charge is 0.313 e. The fourth-order valence-electron chi connectivity index (χ4n) is 2.33. The normalized spacial score (nSPS) is 10.6. The maximum Gasteiger partial charge on any atom is 0.313 e. The molecule has 0 bridgehead atoms. The Bertz CT molecular complexity index is 235. The average Bonchev–Trinajstić information content (AvgIpc) is 2.46. The number of carbonyl (C=O) groups excluding carboxylic acids is 2. The van der Waals surface area contributed by atoms with Crippen molar-refractivity contribution in [3.8, 4) is 0 Å². The van der Waals surface area contributed by atoms with Crippen molar-refractivity contribution < 1.29 is 14.3 Å². The minimum absolute atomic E-state index is 0.346. The lowest BCUT2D eigenvalue weighted by Gasteiger charge is -2.03. The summed E-state index contributed by atoms with van der Waals surface area (Å²) in [6.07, 6.45) is 14.4. The molecule has 0 aliphatic heterocycles. The SMILES string of the molecule is CCCCCCCCC(=O)OC(=O)CCCCCCCC. The Kier molecular flexibility index (Phi) is 14.9. The van der Waals surface area contributed by atoms with Gasteiger partial charge in [-0.3, -0.25) is 9.59 Å². The van der Waals surface area contributed by atoms with Crippen molar-refractivity contribution in [3.05, 3.63) is 0 Å². The summed E-state index contributed by atoms with van der Waals surface area (Å²) >= 11 is 0. The second-order valence-corrected chi connectivity index (χ2v) is 5.88. The topological polar surface area (TPSA) is 43.4 Å². The third-order valence-electron chi connectivity index (χ3n) is 3.70. The molecule has 0 heterocycles. The largest absolute Gasteiger partial charge is 0.393 e. The number of rotatable bonds is 14. The number of ether oxygens (including phenoxy) is 1. The number of hydrogen-bond acceptors (Lipinski definition) is 3. The monoisotopic (exact) mass is 298 g/mol. The second kappa shape index (κ2) is 15.5. The molecule has 0 saturated carbocycles. The lowest BCUT2D eigenvalue weighted by Crippen LogP contribution is -2.11. The number of esters is 2. The molecule has 0 aromatic rings. The summed E-state index contributed by atoms with van der Waals surface area (Å²) < 4.78 is 4.83. The van der Waals surface area contributed by atoms with Crippen LogP contribution in [0.2, 0.25) is 0 Å². The molecule has 3 heteroatoms. The van der Waals surface area contributed by atoms with E-state index in [2.05, 4.69) is 13.8 Å². The minimum atomic E-state index is -0.346. The Hall–Kier alpha value is -0.860. The van der Waals surface area contributed by atoms with Gasteiger partial charge < -0.3 is 4.74 Å². The zero-order valence-corrected chi connectivity index (χ0v) is 14.1. The van der Waals surface area contributed by atoms with Crippen LogP contribution >= 0.6 is 0 Å². The van der Waals surface area contributed by atoms with Crippen LogP contribution in [0, 0.1) is 0 Å². The van der Waals surface area contributed by atoms with Gasteiger partial charge in [-0.2, -0.15) is 0 Å². The van der Waals surface area contributed by atoms with Crippen molar-refractivity contribution in [2.45, 2.75) is 104 Å². The molecule has 3 nitrogen and oxygen atoms in total. The molecule has 124 valence electrons. The molecule has 0 N–H and O–H groups in total. The van der Waals surface area contributed by atoms with Crippen molar-refractivity contribution in [3.63, 3.8) is 0 Å². The fourth-order valence-corrected chi connectivity index (χ4v) is 2.33. The molecule has 0 atom stereocenters. The fraction of sp³-hybridized carbons (Fsp3) is 0.889. The Morgan fingerprint density at radius 1 is 0.571 bits per heavy atom. The Morgan fingerprint density at radius 2 is 0.905 bits per heavy atom. The van der Waals surface area contributed by atoms with Gasteiger partial charge >= 0.3 is 11.9 Å². The predicted molar refractivity (Wildman–Crippen MR) is 87.1 cm³/mol. The van der Waals surface area contributed by atoms with E-state index in [4.69, 9.17) is 4.74 Å². The molecule has 0 aromatic heterocycles. The van der Waals surface area contributed by atoms with E-state index in [9.17, 15) is 9.59 Å². The van der Waals surface area contributed by atoms with E-state index in [-0.39, 0.29) is 11.9 Å². The maximum atomic E-state index is 11.5. The van der Waals surface area contributed by atoms with Crippen LogP contribution in [-0.4, -0.2) is 11.9 Å². The molecular weight excluding hydrogens is 264 g/mol. The van der Waals surface area contributed by atoms with Crippen molar-refractivity contribution in [1.82, 2.24) is 0 Å². The van der Waals surface area contributed by atoms with E-state index < -0.39 is 0 Å². The van der Waals surface area contributed by atoms with Crippen molar-refractivity contribution in [1.29, 1.82) is 0 Å². The molecular formula is C18H34O3. The van der Waals surface area contributed by atoms with E-state index in [1.807, 2.05) is 0 Å². The standard InChI is InChI=1S/C18H34O3/c1-3-5-7-9-11-13-15-17(19)21-18(20)16-14-12-10-8-6-4-2/h3-16H2,1-2H3. The van der Waals surface area contributed by atoms with Gasteiger partial charge in [0.15, 0.2) is 0 Å². The third kappa shape index (κ3) is 15.3. The van der Waals surface area contributed by atoms with Crippen LogP contribution in [0.15, 0.2) is 0 Å². The summed E-state index contributed by atoms with van der Waals surface area (Å²) in [6, 6.07) is 0. The van der Waals surface area contributed by atoms with Gasteiger partial charge in [-0.25, -0.2) is 0 Å². The number of hydrogen-bond donors (Lipinski definition) is 0. The summed E-state index contributed by atoms with van der Waals surface area (Å²) in [6.45, 7) is 4.37. The molecule has 0 saturated heterocycles. The lowest BCUT2D eigenvalue weighted by atomic mass is 10.1. The summed E-state index contributed by atoms with van der Waals surface area (Å²) in [5.74, 6) is -0.692.